The van der Waals surface area contributed by atoms with E-state index in [1.54, 1.807) is 23.5 Å². The molecular weight excluding hydrogens is 280 g/mol. The minimum absolute atomic E-state index is 0.00650. The first-order chi connectivity index (χ1) is 9.33. The molecule has 0 amide bonds. The Morgan fingerprint density at radius 2 is 2.16 bits per heavy atom. The summed E-state index contributed by atoms with van der Waals surface area (Å²) in [6, 6.07) is 10.1. The molecule has 2 atom stereocenters. The van der Waals surface area contributed by atoms with Crippen molar-refractivity contribution in [2.75, 3.05) is 11.5 Å². The predicted molar refractivity (Wildman–Crippen MR) is 76.4 cm³/mol. The molecular formula is C13H14N2O2S2. The molecule has 1 saturated heterocycles. The van der Waals surface area contributed by atoms with Gasteiger partial charge in [0.1, 0.15) is 0 Å². The van der Waals surface area contributed by atoms with E-state index in [0.717, 1.165) is 11.5 Å². The first-order valence-electron chi connectivity index (χ1n) is 6.09. The fraction of sp³-hybridized carbons (Fsp3) is 0.385. The Labute approximate surface area is 120 Å². The Hall–Kier alpha value is -0.980. The number of aliphatic hydroxyl groups excluding tert-OH is 1. The Morgan fingerprint density at radius 3 is 2.89 bits per heavy atom. The zero-order valence-corrected chi connectivity index (χ0v) is 11.9. The van der Waals surface area contributed by atoms with Crippen LogP contribution in [0, 0.1) is 0 Å². The Morgan fingerprint density at radius 1 is 1.32 bits per heavy atom. The number of hydrogen-bond acceptors (Lipinski definition) is 6. The van der Waals surface area contributed by atoms with Gasteiger partial charge in [0.25, 0.3) is 0 Å². The molecule has 0 aliphatic carbocycles. The summed E-state index contributed by atoms with van der Waals surface area (Å²) in [6.45, 7) is 0. The summed E-state index contributed by atoms with van der Waals surface area (Å²) in [5.41, 5.74) is 0. The highest BCUT2D eigenvalue weighted by Crippen LogP contribution is 2.32. The molecule has 2 aromatic rings. The number of aromatic nitrogens is 2. The normalized spacial score (nSPS) is 22.8. The van der Waals surface area contributed by atoms with Crippen molar-refractivity contribution in [3.63, 3.8) is 0 Å². The number of benzene rings is 1. The van der Waals surface area contributed by atoms with Crippen molar-refractivity contribution in [3.05, 3.63) is 42.0 Å². The smallest absolute Gasteiger partial charge is 0.233 e. The molecule has 100 valence electrons. The number of aliphatic hydroxyl groups is 1. The molecule has 1 N–H and O–H groups in total. The van der Waals surface area contributed by atoms with Crippen molar-refractivity contribution in [1.82, 2.24) is 10.1 Å². The summed E-state index contributed by atoms with van der Waals surface area (Å²) < 4.78 is 5.26. The molecule has 1 aromatic heterocycles. The fourth-order valence-corrected chi connectivity index (χ4v) is 3.91. The van der Waals surface area contributed by atoms with Gasteiger partial charge >= 0.3 is 0 Å². The maximum atomic E-state index is 9.81. The number of nitrogens with zero attached hydrogens (tertiary/aromatic N) is 2. The monoisotopic (exact) mass is 294 g/mol. The van der Waals surface area contributed by atoms with Crippen LogP contribution in [0.3, 0.4) is 0 Å². The van der Waals surface area contributed by atoms with Gasteiger partial charge in [0.15, 0.2) is 5.82 Å². The molecule has 0 bridgehead atoms. The van der Waals surface area contributed by atoms with Gasteiger partial charge in [-0.2, -0.15) is 16.7 Å². The van der Waals surface area contributed by atoms with Crippen molar-refractivity contribution in [1.29, 1.82) is 0 Å². The predicted octanol–water partition coefficient (Wildman–Crippen LogP) is 2.55. The van der Waals surface area contributed by atoms with Crippen LogP contribution < -0.4 is 0 Å². The summed E-state index contributed by atoms with van der Waals surface area (Å²) in [4.78, 5) is 5.57. The van der Waals surface area contributed by atoms with E-state index in [1.165, 1.54) is 4.90 Å². The van der Waals surface area contributed by atoms with Crippen molar-refractivity contribution >= 4 is 23.5 Å². The topological polar surface area (TPSA) is 59.2 Å². The van der Waals surface area contributed by atoms with Crippen LogP contribution in [-0.2, 0) is 5.75 Å². The number of hydrogen-bond donors (Lipinski definition) is 1. The van der Waals surface area contributed by atoms with Gasteiger partial charge in [0.2, 0.25) is 5.89 Å². The van der Waals surface area contributed by atoms with Gasteiger partial charge in [0, 0.05) is 16.4 Å². The van der Waals surface area contributed by atoms with Crippen LogP contribution in [0.15, 0.2) is 39.8 Å². The third-order valence-electron chi connectivity index (χ3n) is 2.96. The molecule has 3 rings (SSSR count). The molecule has 6 heteroatoms. The van der Waals surface area contributed by atoms with Crippen LogP contribution in [0.2, 0.25) is 0 Å². The first-order valence-corrected chi connectivity index (χ1v) is 8.23. The highest BCUT2D eigenvalue weighted by molar-refractivity contribution is 7.99. The van der Waals surface area contributed by atoms with Crippen LogP contribution in [-0.4, -0.2) is 32.9 Å². The number of rotatable bonds is 4. The van der Waals surface area contributed by atoms with Crippen LogP contribution in [0.25, 0.3) is 0 Å². The van der Waals surface area contributed by atoms with Crippen LogP contribution >= 0.6 is 23.5 Å². The average molecular weight is 294 g/mol. The Bertz CT molecular complexity index is 532. The second-order valence-electron chi connectivity index (χ2n) is 4.36. The van der Waals surface area contributed by atoms with E-state index in [4.69, 9.17) is 4.52 Å². The molecule has 19 heavy (non-hydrogen) atoms. The lowest BCUT2D eigenvalue weighted by Gasteiger charge is -2.06. The molecule has 0 radical (unpaired) electrons. The fourth-order valence-electron chi connectivity index (χ4n) is 1.92. The van der Waals surface area contributed by atoms with E-state index in [0.29, 0.717) is 17.5 Å². The van der Waals surface area contributed by atoms with Crippen LogP contribution in [0.1, 0.15) is 17.6 Å². The Balaban J connectivity index is 1.62. The first kappa shape index (κ1) is 13.0. The highest BCUT2D eigenvalue weighted by atomic mass is 32.2. The molecule has 1 fully saturated rings. The molecule has 2 heterocycles. The van der Waals surface area contributed by atoms with Crippen LogP contribution in [0.4, 0.5) is 0 Å². The minimum Gasteiger partial charge on any atom is -0.391 e. The summed E-state index contributed by atoms with van der Waals surface area (Å²) in [6.07, 6.45) is -0.361. The van der Waals surface area contributed by atoms with E-state index in [-0.39, 0.29) is 12.0 Å². The van der Waals surface area contributed by atoms with Crippen molar-refractivity contribution in [2.45, 2.75) is 22.7 Å². The van der Waals surface area contributed by atoms with Crippen molar-refractivity contribution in [2.24, 2.45) is 0 Å². The molecule has 4 nitrogen and oxygen atoms in total. The zero-order valence-electron chi connectivity index (χ0n) is 10.2. The SMILES string of the molecule is OC1CSCC1c1nc(CSc2ccccc2)no1. The second-order valence-corrected chi connectivity index (χ2v) is 6.49. The standard InChI is InChI=1S/C13H14N2O2S2/c16-11-7-18-6-10(11)13-14-12(15-17-13)8-19-9-4-2-1-3-5-9/h1-5,10-11,16H,6-8H2. The summed E-state index contributed by atoms with van der Waals surface area (Å²) >= 11 is 3.40. The summed E-state index contributed by atoms with van der Waals surface area (Å²) in [7, 11) is 0. The molecule has 1 aromatic carbocycles. The maximum Gasteiger partial charge on any atom is 0.233 e. The third-order valence-corrected chi connectivity index (χ3v) is 5.14. The van der Waals surface area contributed by atoms with Gasteiger partial charge in [-0.3, -0.25) is 0 Å². The van der Waals surface area contributed by atoms with Gasteiger partial charge < -0.3 is 9.63 Å². The molecule has 0 spiro atoms. The van der Waals surface area contributed by atoms with Gasteiger partial charge in [-0.1, -0.05) is 23.4 Å². The van der Waals surface area contributed by atoms with E-state index in [2.05, 4.69) is 22.3 Å². The lowest BCUT2D eigenvalue weighted by molar-refractivity contribution is 0.164. The third kappa shape index (κ3) is 3.13. The van der Waals surface area contributed by atoms with Gasteiger partial charge in [-0.15, -0.1) is 11.8 Å². The van der Waals surface area contributed by atoms with E-state index in [1.807, 2.05) is 18.2 Å². The van der Waals surface area contributed by atoms with Gasteiger partial charge in [-0.05, 0) is 12.1 Å². The molecule has 2 unspecified atom stereocenters. The lowest BCUT2D eigenvalue weighted by Crippen LogP contribution is -2.15. The minimum atomic E-state index is -0.361. The van der Waals surface area contributed by atoms with Crippen molar-refractivity contribution in [3.8, 4) is 0 Å². The average Bonchev–Trinajstić information content (AvgIpc) is 3.06. The summed E-state index contributed by atoms with van der Waals surface area (Å²) in [5, 5.41) is 13.8. The number of thioether (sulfide) groups is 2. The molecule has 0 saturated carbocycles. The van der Waals surface area contributed by atoms with Crippen LogP contribution in [0.5, 0.6) is 0 Å². The quantitative estimate of drug-likeness (QED) is 0.875. The van der Waals surface area contributed by atoms with E-state index in [9.17, 15) is 5.11 Å². The summed E-state index contributed by atoms with van der Waals surface area (Å²) in [5.74, 6) is 3.54. The van der Waals surface area contributed by atoms with E-state index >= 15 is 0 Å². The van der Waals surface area contributed by atoms with Gasteiger partial charge in [-0.25, -0.2) is 0 Å². The Kier molecular flexibility index (Phi) is 4.10. The van der Waals surface area contributed by atoms with Crippen molar-refractivity contribution < 1.29 is 9.63 Å². The largest absolute Gasteiger partial charge is 0.391 e. The second kappa shape index (κ2) is 5.98. The zero-order chi connectivity index (χ0) is 13.1. The highest BCUT2D eigenvalue weighted by Gasteiger charge is 2.31. The molecule has 1 aliphatic heterocycles. The molecule has 1 aliphatic rings. The maximum absolute atomic E-state index is 9.81. The lowest BCUT2D eigenvalue weighted by atomic mass is 10.1. The van der Waals surface area contributed by atoms with E-state index < -0.39 is 0 Å². The van der Waals surface area contributed by atoms with Gasteiger partial charge in [0.05, 0.1) is 17.8 Å².